The third-order valence-electron chi connectivity index (χ3n) is 18.6. The number of aryl methyl sites for hydroxylation is 5. The van der Waals surface area contributed by atoms with Gasteiger partial charge in [-0.2, -0.15) is 5.10 Å². The quantitative estimate of drug-likeness (QED) is 0.125. The van der Waals surface area contributed by atoms with Crippen molar-refractivity contribution < 1.29 is 10.2 Å². The van der Waals surface area contributed by atoms with E-state index in [1.807, 2.05) is 123 Å². The molecule has 480 valence electrons. The molecule has 15 rings (SSSR count). The molecule has 0 amide bonds. The number of nitrogens with zero attached hydrogens (tertiary/aromatic N) is 19. The number of rotatable bonds is 12. The van der Waals surface area contributed by atoms with E-state index in [0.29, 0.717) is 70.7 Å². The molecule has 0 aliphatic carbocycles. The van der Waals surface area contributed by atoms with Crippen LogP contribution in [0.25, 0.3) is 67.7 Å². The van der Waals surface area contributed by atoms with E-state index in [4.69, 9.17) is 10.1 Å². The third kappa shape index (κ3) is 13.3. The zero-order valence-corrected chi connectivity index (χ0v) is 53.8. The molecule has 0 saturated carbocycles. The number of aliphatic hydroxyl groups excluding tert-OH is 2. The highest BCUT2D eigenvalue weighted by atomic mass is 16.3. The number of β-amino-alcohol motifs (C(OH)–C–C–N with tert-alkyl or cyclic N) is 1. The molecular formula is C69H79N19O5. The van der Waals surface area contributed by atoms with Crippen molar-refractivity contribution in [3.05, 3.63) is 187 Å². The van der Waals surface area contributed by atoms with Gasteiger partial charge in [0.1, 0.15) is 22.6 Å². The summed E-state index contributed by atoms with van der Waals surface area (Å²) in [5.74, 6) is 0.725. The van der Waals surface area contributed by atoms with Gasteiger partial charge in [0.25, 0.3) is 16.7 Å². The fraction of sp³-hybridized carbons (Fsp3) is 0.391. The van der Waals surface area contributed by atoms with Crippen molar-refractivity contribution in [2.75, 3.05) is 84.1 Å². The van der Waals surface area contributed by atoms with Gasteiger partial charge in [-0.3, -0.25) is 42.5 Å². The van der Waals surface area contributed by atoms with Gasteiger partial charge in [-0.05, 0) is 155 Å². The number of hydrogen-bond donors (Lipinski definition) is 2. The predicted octanol–water partition coefficient (Wildman–Crippen LogP) is 7.02. The Morgan fingerprint density at radius 3 is 1.60 bits per heavy atom. The van der Waals surface area contributed by atoms with E-state index in [2.05, 4.69) is 79.6 Å². The summed E-state index contributed by atoms with van der Waals surface area (Å²) in [5.41, 5.74) is 15.9. The van der Waals surface area contributed by atoms with Crippen LogP contribution in [0.1, 0.15) is 97.0 Å². The number of anilines is 1. The Morgan fingerprint density at radius 2 is 1.05 bits per heavy atom. The fourth-order valence-electron chi connectivity index (χ4n) is 13.4. The van der Waals surface area contributed by atoms with Crippen LogP contribution in [0, 0.1) is 34.6 Å². The largest absolute Gasteiger partial charge is 0.395 e. The number of piperidine rings is 3. The van der Waals surface area contributed by atoms with Gasteiger partial charge in [0.05, 0.1) is 94.3 Å². The van der Waals surface area contributed by atoms with Crippen molar-refractivity contribution in [2.24, 2.45) is 0 Å². The van der Waals surface area contributed by atoms with Crippen LogP contribution >= 0.6 is 0 Å². The zero-order chi connectivity index (χ0) is 64.6. The molecule has 3 aliphatic rings. The Hall–Kier alpha value is -9.46. The topological polar surface area (TPSA) is 247 Å². The monoisotopic (exact) mass is 1250 g/mol. The molecule has 0 spiro atoms. The maximum Gasteiger partial charge on any atom is 0.258 e. The SMILES string of the molecule is CCN1CCC(c2cn3c(=O)cc(-c4ccc5nc(C)cn5c4)nc3cn2)CC1.Cc1cn2cc(-c3cc(=O)n4cc(C5CCN(CCO)CC5)ncc4n3)ccc2n1.Cc1cn2nc(-c3cc(=O)n4cc(N5CCC(N(C)CCO)CC5)cc(C)c4n3)cc2c(C)n1. The molecule has 12 aromatic heterocycles. The smallest absolute Gasteiger partial charge is 0.258 e. The first-order valence-corrected chi connectivity index (χ1v) is 32.2. The number of hydrogen-bond acceptors (Lipinski definition) is 18. The number of likely N-dealkylation sites (tertiary alicyclic amines) is 2. The molecule has 3 saturated heterocycles. The Balaban J connectivity index is 0.000000127. The van der Waals surface area contributed by atoms with Crippen LogP contribution in [0.5, 0.6) is 0 Å². The van der Waals surface area contributed by atoms with Gasteiger partial charge in [0, 0.05) is 117 Å². The van der Waals surface area contributed by atoms with Gasteiger partial charge in [0.2, 0.25) is 0 Å². The van der Waals surface area contributed by atoms with Crippen LogP contribution in [-0.4, -0.2) is 182 Å². The first-order valence-electron chi connectivity index (χ1n) is 32.2. The van der Waals surface area contributed by atoms with Crippen molar-refractivity contribution in [3.8, 4) is 33.9 Å². The summed E-state index contributed by atoms with van der Waals surface area (Å²) in [6.07, 6.45) is 24.9. The average molecular weight is 1250 g/mol. The summed E-state index contributed by atoms with van der Waals surface area (Å²) in [6, 6.07) is 17.0. The Labute approximate surface area is 536 Å². The molecule has 0 aromatic carbocycles. The van der Waals surface area contributed by atoms with Crippen molar-refractivity contribution in [1.29, 1.82) is 0 Å². The van der Waals surface area contributed by atoms with Gasteiger partial charge in [-0.1, -0.05) is 6.92 Å². The number of imidazole rings is 2. The van der Waals surface area contributed by atoms with Crippen LogP contribution in [-0.2, 0) is 0 Å². The van der Waals surface area contributed by atoms with Crippen LogP contribution in [0.2, 0.25) is 0 Å². The van der Waals surface area contributed by atoms with Crippen molar-refractivity contribution in [1.82, 2.24) is 86.2 Å². The second-order valence-electron chi connectivity index (χ2n) is 25.0. The summed E-state index contributed by atoms with van der Waals surface area (Å²) in [6.45, 7) is 20.8. The van der Waals surface area contributed by atoms with Gasteiger partial charge >= 0.3 is 0 Å². The van der Waals surface area contributed by atoms with Crippen LogP contribution in [0.15, 0.2) is 131 Å². The lowest BCUT2D eigenvalue weighted by Crippen LogP contribution is -2.44. The summed E-state index contributed by atoms with van der Waals surface area (Å²) >= 11 is 0. The molecule has 93 heavy (non-hydrogen) atoms. The number of pyridine rings is 3. The summed E-state index contributed by atoms with van der Waals surface area (Å²) in [7, 11) is 2.07. The van der Waals surface area contributed by atoms with Gasteiger partial charge in [-0.15, -0.1) is 0 Å². The lowest BCUT2D eigenvalue weighted by Gasteiger charge is -2.37. The molecule has 24 heteroatoms. The summed E-state index contributed by atoms with van der Waals surface area (Å²) in [4.78, 5) is 84.9. The van der Waals surface area contributed by atoms with E-state index in [0.717, 1.165) is 158 Å². The average Bonchev–Trinajstić information content (AvgIpc) is 1.73. The minimum absolute atomic E-state index is 0.0819. The number of fused-ring (bicyclic) bond motifs is 6. The molecule has 3 fully saturated rings. The highest BCUT2D eigenvalue weighted by molar-refractivity contribution is 5.68. The zero-order valence-electron chi connectivity index (χ0n) is 53.8. The molecule has 0 atom stereocenters. The standard InChI is InChI=1S/C25H31N7O2.C22H24N6O2.C22H24N6O/c1-16-11-20(30-7-5-19(6-8-30)29(4)9-10-33)15-31-24(34)13-21(27-25(16)31)22-12-23-18(3)26-17(2)14-32(23)28-22;1-15-12-27-13-17(2-3-20(27)24-15)18-10-22(30)28-14-19(23-11-21(28)25-18)16-4-6-26(7-5-16)8-9-29;1-3-26-8-6-16(7-9-26)19-14-28-21(11-23-19)25-18(10-22(28)29)17-4-5-20-24-15(2)12-27(20)13-17/h11-15,19,33H,5-10H2,1-4H3;2-3,10-14,16,29H,4-9H2,1H3;4-5,10-14,16H,3,6-9H2,1-2H3. The molecule has 0 unspecified atom stereocenters. The van der Waals surface area contributed by atoms with Crippen molar-refractivity contribution >= 4 is 39.4 Å². The van der Waals surface area contributed by atoms with E-state index in [1.54, 1.807) is 48.3 Å². The van der Waals surface area contributed by atoms with E-state index >= 15 is 0 Å². The summed E-state index contributed by atoms with van der Waals surface area (Å²) in [5, 5.41) is 23.0. The fourth-order valence-corrected chi connectivity index (χ4v) is 13.4. The Morgan fingerprint density at radius 1 is 0.516 bits per heavy atom. The minimum Gasteiger partial charge on any atom is -0.395 e. The summed E-state index contributed by atoms with van der Waals surface area (Å²) < 4.78 is 10.6. The highest BCUT2D eigenvalue weighted by Crippen LogP contribution is 2.30. The van der Waals surface area contributed by atoms with Gasteiger partial charge in [-0.25, -0.2) is 29.4 Å². The molecule has 15 heterocycles. The molecule has 12 aromatic rings. The van der Waals surface area contributed by atoms with E-state index in [-0.39, 0.29) is 29.9 Å². The van der Waals surface area contributed by atoms with Gasteiger partial charge in [0.15, 0.2) is 11.3 Å². The first-order chi connectivity index (χ1) is 45.0. The second-order valence-corrected chi connectivity index (χ2v) is 25.0. The third-order valence-corrected chi connectivity index (χ3v) is 18.6. The molecule has 0 radical (unpaired) electrons. The Kier molecular flexibility index (Phi) is 17.9. The van der Waals surface area contributed by atoms with Crippen LogP contribution < -0.4 is 21.6 Å². The van der Waals surface area contributed by atoms with Crippen LogP contribution in [0.3, 0.4) is 0 Å². The first kappa shape index (κ1) is 62.4. The maximum atomic E-state index is 13.1. The normalized spacial score (nSPS) is 15.7. The lowest BCUT2D eigenvalue weighted by atomic mass is 9.94. The molecule has 0 bridgehead atoms. The van der Waals surface area contributed by atoms with E-state index in [9.17, 15) is 19.5 Å². The number of likely N-dealkylation sites (N-methyl/N-ethyl adjacent to an activating group) is 1. The number of aliphatic hydroxyl groups is 2. The maximum absolute atomic E-state index is 13.1. The second kappa shape index (κ2) is 26.6. The molecule has 2 N–H and O–H groups in total. The molecular weight excluding hydrogens is 1170 g/mol. The van der Waals surface area contributed by atoms with E-state index in [1.165, 1.54) is 0 Å². The number of aromatic nitrogens is 15. The highest BCUT2D eigenvalue weighted by Gasteiger charge is 2.26. The van der Waals surface area contributed by atoms with Crippen LogP contribution in [0.4, 0.5) is 5.69 Å². The van der Waals surface area contributed by atoms with Crippen molar-refractivity contribution in [2.45, 2.75) is 97.9 Å². The molecule has 24 nitrogen and oxygen atoms in total. The lowest BCUT2D eigenvalue weighted by molar-refractivity contribution is 0.162. The molecule has 3 aliphatic heterocycles. The predicted molar refractivity (Wildman–Crippen MR) is 359 cm³/mol. The Bertz CT molecular complexity index is 4910. The minimum atomic E-state index is -0.120. The van der Waals surface area contributed by atoms with Crippen molar-refractivity contribution in [3.63, 3.8) is 0 Å². The van der Waals surface area contributed by atoms with E-state index < -0.39 is 0 Å². The van der Waals surface area contributed by atoms with Gasteiger partial charge < -0.3 is 38.6 Å².